The van der Waals surface area contributed by atoms with E-state index in [1.54, 1.807) is 6.92 Å². The quantitative estimate of drug-likeness (QED) is 0.638. The molecule has 2 rings (SSSR count). The van der Waals surface area contributed by atoms with Crippen LogP contribution < -0.4 is 5.56 Å². The molecule has 2 aromatic heterocycles. The monoisotopic (exact) mass is 175 g/mol. The van der Waals surface area contributed by atoms with Gasteiger partial charge in [-0.2, -0.15) is 5.26 Å². The number of aryl methyl sites for hydroxylation is 1. The molecule has 0 atom stereocenters. The van der Waals surface area contributed by atoms with Crippen molar-refractivity contribution in [1.82, 2.24) is 9.97 Å². The van der Waals surface area contributed by atoms with Gasteiger partial charge in [0.25, 0.3) is 5.56 Å². The number of nitrogens with zero attached hydrogens (tertiary/aromatic N) is 2. The minimum atomic E-state index is -0.357. The average Bonchev–Trinajstić information content (AvgIpc) is 2.47. The van der Waals surface area contributed by atoms with Gasteiger partial charge < -0.3 is 9.40 Å². The van der Waals surface area contributed by atoms with Gasteiger partial charge in [0.1, 0.15) is 29.2 Å². The van der Waals surface area contributed by atoms with Crippen LogP contribution in [0.3, 0.4) is 0 Å². The first kappa shape index (κ1) is 7.55. The SMILES string of the molecule is Cc1nc2c(C#N)coc2c(=O)[nH]1. The van der Waals surface area contributed by atoms with Crippen LogP contribution in [-0.2, 0) is 0 Å². The van der Waals surface area contributed by atoms with E-state index in [1.165, 1.54) is 6.26 Å². The molecule has 0 aromatic carbocycles. The van der Waals surface area contributed by atoms with Gasteiger partial charge in [-0.05, 0) is 6.92 Å². The summed E-state index contributed by atoms with van der Waals surface area (Å²) in [7, 11) is 0. The number of hydrogen-bond donors (Lipinski definition) is 1. The van der Waals surface area contributed by atoms with Crippen molar-refractivity contribution >= 4 is 11.1 Å². The molecule has 0 aliphatic rings. The normalized spacial score (nSPS) is 10.2. The number of furan rings is 1. The summed E-state index contributed by atoms with van der Waals surface area (Å²) in [5, 5.41) is 8.64. The van der Waals surface area contributed by atoms with Crippen molar-refractivity contribution in [3.63, 3.8) is 0 Å². The lowest BCUT2D eigenvalue weighted by atomic mass is 10.3. The van der Waals surface area contributed by atoms with E-state index in [0.29, 0.717) is 11.3 Å². The van der Waals surface area contributed by atoms with E-state index in [1.807, 2.05) is 6.07 Å². The number of nitriles is 1. The van der Waals surface area contributed by atoms with Gasteiger partial charge >= 0.3 is 0 Å². The Morgan fingerprint density at radius 3 is 3.15 bits per heavy atom. The highest BCUT2D eigenvalue weighted by Gasteiger charge is 2.10. The Morgan fingerprint density at radius 1 is 1.69 bits per heavy atom. The summed E-state index contributed by atoms with van der Waals surface area (Å²) in [6.07, 6.45) is 1.23. The van der Waals surface area contributed by atoms with Crippen molar-refractivity contribution < 1.29 is 4.42 Å². The highest BCUT2D eigenvalue weighted by atomic mass is 16.3. The highest BCUT2D eigenvalue weighted by molar-refractivity contribution is 5.78. The molecule has 0 saturated carbocycles. The molecule has 0 radical (unpaired) electrons. The van der Waals surface area contributed by atoms with E-state index < -0.39 is 0 Å². The average molecular weight is 175 g/mol. The summed E-state index contributed by atoms with van der Waals surface area (Å²) in [6.45, 7) is 1.65. The molecule has 0 amide bonds. The first-order valence-corrected chi connectivity index (χ1v) is 3.60. The third kappa shape index (κ3) is 0.999. The van der Waals surface area contributed by atoms with Crippen LogP contribution in [0.4, 0.5) is 0 Å². The molecule has 2 aromatic rings. The molecule has 5 nitrogen and oxygen atoms in total. The predicted octanol–water partition coefficient (Wildman–Crippen LogP) is 0.696. The van der Waals surface area contributed by atoms with Gasteiger partial charge in [-0.3, -0.25) is 4.79 Å². The van der Waals surface area contributed by atoms with Crippen LogP contribution in [0.15, 0.2) is 15.5 Å². The molecule has 64 valence electrons. The molecule has 0 unspecified atom stereocenters. The van der Waals surface area contributed by atoms with Crippen LogP contribution in [-0.4, -0.2) is 9.97 Å². The summed E-state index contributed by atoms with van der Waals surface area (Å²) in [5.74, 6) is 0.468. The lowest BCUT2D eigenvalue weighted by Crippen LogP contribution is -2.08. The second-order valence-electron chi connectivity index (χ2n) is 2.59. The summed E-state index contributed by atoms with van der Waals surface area (Å²) >= 11 is 0. The number of nitrogens with one attached hydrogen (secondary N) is 1. The number of aromatic nitrogens is 2. The Morgan fingerprint density at radius 2 is 2.46 bits per heavy atom. The Hall–Kier alpha value is -2.09. The van der Waals surface area contributed by atoms with Crippen LogP contribution >= 0.6 is 0 Å². The predicted molar refractivity (Wildman–Crippen MR) is 44.1 cm³/mol. The minimum absolute atomic E-state index is 0.0992. The first-order chi connectivity index (χ1) is 6.22. The number of H-pyrrole nitrogens is 1. The molecule has 0 aliphatic carbocycles. The van der Waals surface area contributed by atoms with Crippen LogP contribution in [0.5, 0.6) is 0 Å². The molecule has 2 heterocycles. The van der Waals surface area contributed by atoms with Crippen molar-refractivity contribution in [2.45, 2.75) is 6.92 Å². The Balaban J connectivity index is 3.00. The molecule has 13 heavy (non-hydrogen) atoms. The van der Waals surface area contributed by atoms with Crippen molar-refractivity contribution in [1.29, 1.82) is 5.26 Å². The largest absolute Gasteiger partial charge is 0.455 e. The van der Waals surface area contributed by atoms with Crippen LogP contribution in [0, 0.1) is 18.3 Å². The van der Waals surface area contributed by atoms with E-state index in [2.05, 4.69) is 9.97 Å². The minimum Gasteiger partial charge on any atom is -0.455 e. The zero-order valence-corrected chi connectivity index (χ0v) is 6.79. The van der Waals surface area contributed by atoms with Gasteiger partial charge in [0.15, 0.2) is 0 Å². The van der Waals surface area contributed by atoms with Crippen molar-refractivity contribution in [3.8, 4) is 6.07 Å². The molecular formula is C8H5N3O2. The van der Waals surface area contributed by atoms with Crippen molar-refractivity contribution in [2.75, 3.05) is 0 Å². The van der Waals surface area contributed by atoms with Crippen LogP contribution in [0.2, 0.25) is 0 Å². The number of hydrogen-bond acceptors (Lipinski definition) is 4. The zero-order valence-electron chi connectivity index (χ0n) is 6.79. The van der Waals surface area contributed by atoms with Crippen molar-refractivity contribution in [3.05, 3.63) is 28.0 Å². The maximum Gasteiger partial charge on any atom is 0.294 e. The zero-order chi connectivity index (χ0) is 9.42. The van der Waals surface area contributed by atoms with E-state index in [0.717, 1.165) is 0 Å². The van der Waals surface area contributed by atoms with Gasteiger partial charge in [-0.25, -0.2) is 4.98 Å². The maximum atomic E-state index is 11.2. The fourth-order valence-corrected chi connectivity index (χ4v) is 1.12. The third-order valence-corrected chi connectivity index (χ3v) is 1.67. The molecule has 1 N–H and O–H groups in total. The van der Waals surface area contributed by atoms with Gasteiger partial charge in [-0.15, -0.1) is 0 Å². The molecular weight excluding hydrogens is 170 g/mol. The van der Waals surface area contributed by atoms with Crippen LogP contribution in [0.25, 0.3) is 11.1 Å². The summed E-state index contributed by atoms with van der Waals surface area (Å²) in [4.78, 5) is 17.7. The van der Waals surface area contributed by atoms with Gasteiger partial charge in [0.05, 0.1) is 0 Å². The highest BCUT2D eigenvalue weighted by Crippen LogP contribution is 2.13. The number of aromatic amines is 1. The maximum absolute atomic E-state index is 11.2. The Bertz CT molecular complexity index is 559. The number of fused-ring (bicyclic) bond motifs is 1. The topological polar surface area (TPSA) is 82.7 Å². The molecule has 0 fully saturated rings. The van der Waals surface area contributed by atoms with Gasteiger partial charge in [0, 0.05) is 0 Å². The second kappa shape index (κ2) is 2.45. The second-order valence-corrected chi connectivity index (χ2v) is 2.59. The Kier molecular flexibility index (Phi) is 1.43. The third-order valence-electron chi connectivity index (χ3n) is 1.67. The molecule has 5 heteroatoms. The fourth-order valence-electron chi connectivity index (χ4n) is 1.12. The molecule has 0 aliphatic heterocycles. The summed E-state index contributed by atoms with van der Waals surface area (Å²) in [6, 6.07) is 1.90. The lowest BCUT2D eigenvalue weighted by molar-refractivity contribution is 0.608. The van der Waals surface area contributed by atoms with E-state index in [9.17, 15) is 4.79 Å². The van der Waals surface area contributed by atoms with Crippen LogP contribution in [0.1, 0.15) is 11.4 Å². The van der Waals surface area contributed by atoms with Gasteiger partial charge in [0.2, 0.25) is 5.58 Å². The summed E-state index contributed by atoms with van der Waals surface area (Å²) in [5.41, 5.74) is 0.346. The van der Waals surface area contributed by atoms with Crippen molar-refractivity contribution in [2.24, 2.45) is 0 Å². The molecule has 0 spiro atoms. The smallest absolute Gasteiger partial charge is 0.294 e. The van der Waals surface area contributed by atoms with E-state index in [4.69, 9.17) is 9.68 Å². The first-order valence-electron chi connectivity index (χ1n) is 3.60. The Labute approximate surface area is 72.6 Å². The standard InChI is InChI=1S/C8H5N3O2/c1-4-10-6-5(2-9)3-13-7(6)8(12)11-4/h3H,1H3,(H,10,11,12). The van der Waals surface area contributed by atoms with E-state index in [-0.39, 0.29) is 16.7 Å². The lowest BCUT2D eigenvalue weighted by Gasteiger charge is -1.90. The fraction of sp³-hybridized carbons (Fsp3) is 0.125. The van der Waals surface area contributed by atoms with Gasteiger partial charge in [-0.1, -0.05) is 0 Å². The summed E-state index contributed by atoms with van der Waals surface area (Å²) < 4.78 is 4.90. The van der Waals surface area contributed by atoms with E-state index >= 15 is 0 Å². The number of rotatable bonds is 0. The molecule has 0 saturated heterocycles. The molecule has 0 bridgehead atoms.